The lowest BCUT2D eigenvalue weighted by molar-refractivity contribution is 0.111. The number of nitrogens with zero attached hydrogens (tertiary/aromatic N) is 2. The van der Waals surface area contributed by atoms with Gasteiger partial charge in [-0.2, -0.15) is 5.26 Å². The molecule has 3 heteroatoms. The van der Waals surface area contributed by atoms with Crippen molar-refractivity contribution in [3.8, 4) is 6.07 Å². The Morgan fingerprint density at radius 1 is 1.37 bits per heavy atom. The van der Waals surface area contributed by atoms with Crippen LogP contribution in [-0.4, -0.2) is 36.1 Å². The highest BCUT2D eigenvalue weighted by molar-refractivity contribution is 5.06. The maximum atomic E-state index is 9.43. The molecule has 3 nitrogen and oxygen atoms in total. The summed E-state index contributed by atoms with van der Waals surface area (Å²) in [6.45, 7) is 11.7. The first-order valence-electron chi connectivity index (χ1n) is 7.57. The van der Waals surface area contributed by atoms with Gasteiger partial charge in [0.05, 0.1) is 6.07 Å². The standard InChI is InChI=1S/C16H31N3/c1-13(2)18-16(5,11-17)12-19(6)14-7-9-15(3,4)10-8-14/h13-14,18H,7-10,12H2,1-6H3. The minimum Gasteiger partial charge on any atom is -0.301 e. The summed E-state index contributed by atoms with van der Waals surface area (Å²) in [5.41, 5.74) is 0.0575. The summed E-state index contributed by atoms with van der Waals surface area (Å²) in [6.07, 6.45) is 5.10. The summed E-state index contributed by atoms with van der Waals surface area (Å²) in [5, 5.41) is 12.8. The Balaban J connectivity index is 2.55. The van der Waals surface area contributed by atoms with Crippen LogP contribution in [0.5, 0.6) is 0 Å². The van der Waals surface area contributed by atoms with E-state index in [0.717, 1.165) is 6.54 Å². The quantitative estimate of drug-likeness (QED) is 0.830. The van der Waals surface area contributed by atoms with Gasteiger partial charge in [-0.3, -0.25) is 5.32 Å². The van der Waals surface area contributed by atoms with E-state index in [4.69, 9.17) is 0 Å². The van der Waals surface area contributed by atoms with Gasteiger partial charge in [0, 0.05) is 18.6 Å². The number of hydrogen-bond donors (Lipinski definition) is 1. The van der Waals surface area contributed by atoms with Crippen molar-refractivity contribution < 1.29 is 0 Å². The molecule has 1 N–H and O–H groups in total. The van der Waals surface area contributed by atoms with Gasteiger partial charge in [0.2, 0.25) is 0 Å². The minimum atomic E-state index is -0.449. The number of rotatable bonds is 5. The molecule has 19 heavy (non-hydrogen) atoms. The van der Waals surface area contributed by atoms with Crippen LogP contribution in [0, 0.1) is 16.7 Å². The molecule has 1 atom stereocenters. The van der Waals surface area contributed by atoms with Gasteiger partial charge in [-0.25, -0.2) is 0 Å². The van der Waals surface area contributed by atoms with Crippen LogP contribution in [0.15, 0.2) is 0 Å². The van der Waals surface area contributed by atoms with E-state index in [1.54, 1.807) is 0 Å². The number of nitriles is 1. The van der Waals surface area contributed by atoms with Crippen molar-refractivity contribution in [3.05, 3.63) is 0 Å². The third-order valence-electron chi connectivity index (χ3n) is 4.35. The van der Waals surface area contributed by atoms with Crippen molar-refractivity contribution in [2.75, 3.05) is 13.6 Å². The molecule has 1 fully saturated rings. The summed E-state index contributed by atoms with van der Waals surface area (Å²) in [7, 11) is 2.17. The van der Waals surface area contributed by atoms with Crippen molar-refractivity contribution in [3.63, 3.8) is 0 Å². The molecule has 1 rings (SSSR count). The molecule has 0 bridgehead atoms. The summed E-state index contributed by atoms with van der Waals surface area (Å²) >= 11 is 0. The molecule has 0 spiro atoms. The van der Waals surface area contributed by atoms with Crippen molar-refractivity contribution >= 4 is 0 Å². The smallest absolute Gasteiger partial charge is 0.116 e. The zero-order valence-electron chi connectivity index (χ0n) is 13.6. The molecule has 0 saturated heterocycles. The van der Waals surface area contributed by atoms with E-state index >= 15 is 0 Å². The normalized spacial score (nSPS) is 23.3. The Morgan fingerprint density at radius 2 is 1.89 bits per heavy atom. The van der Waals surface area contributed by atoms with Gasteiger partial charge in [-0.05, 0) is 58.9 Å². The van der Waals surface area contributed by atoms with E-state index in [1.807, 2.05) is 6.92 Å². The summed E-state index contributed by atoms with van der Waals surface area (Å²) in [6, 6.07) is 3.41. The molecule has 0 aromatic heterocycles. The van der Waals surface area contributed by atoms with E-state index in [2.05, 4.69) is 51.0 Å². The maximum Gasteiger partial charge on any atom is 0.116 e. The second kappa shape index (κ2) is 6.24. The van der Waals surface area contributed by atoms with Crippen molar-refractivity contribution in [1.82, 2.24) is 10.2 Å². The molecular formula is C16H31N3. The monoisotopic (exact) mass is 265 g/mol. The third-order valence-corrected chi connectivity index (χ3v) is 4.35. The molecule has 0 radical (unpaired) electrons. The minimum absolute atomic E-state index is 0.336. The van der Waals surface area contributed by atoms with Gasteiger partial charge >= 0.3 is 0 Å². The zero-order valence-corrected chi connectivity index (χ0v) is 13.6. The zero-order chi connectivity index (χ0) is 14.7. The Bertz CT molecular complexity index is 319. The fourth-order valence-electron chi connectivity index (χ4n) is 3.20. The number of hydrogen-bond acceptors (Lipinski definition) is 3. The average Bonchev–Trinajstić information content (AvgIpc) is 2.27. The molecule has 1 aliphatic rings. The maximum absolute atomic E-state index is 9.43. The summed E-state index contributed by atoms with van der Waals surface area (Å²) in [4.78, 5) is 2.38. The lowest BCUT2D eigenvalue weighted by Crippen LogP contribution is -2.54. The molecule has 1 saturated carbocycles. The Labute approximate surface area is 119 Å². The van der Waals surface area contributed by atoms with Gasteiger partial charge in [0.1, 0.15) is 5.54 Å². The van der Waals surface area contributed by atoms with Crippen LogP contribution in [0.4, 0.5) is 0 Å². The molecule has 0 aromatic rings. The average molecular weight is 265 g/mol. The molecular weight excluding hydrogens is 234 g/mol. The molecule has 110 valence electrons. The predicted octanol–water partition coefficient (Wildman–Crippen LogP) is 3.17. The highest BCUT2D eigenvalue weighted by Gasteiger charge is 2.32. The van der Waals surface area contributed by atoms with Gasteiger partial charge < -0.3 is 4.90 Å². The Morgan fingerprint density at radius 3 is 2.32 bits per heavy atom. The van der Waals surface area contributed by atoms with E-state index in [9.17, 15) is 5.26 Å². The fraction of sp³-hybridized carbons (Fsp3) is 0.938. The fourth-order valence-corrected chi connectivity index (χ4v) is 3.20. The Kier molecular flexibility index (Phi) is 5.41. The molecule has 1 aliphatic carbocycles. The van der Waals surface area contributed by atoms with Crippen LogP contribution in [0.1, 0.15) is 60.3 Å². The molecule has 0 heterocycles. The number of nitrogens with one attached hydrogen (secondary N) is 1. The van der Waals surface area contributed by atoms with Crippen LogP contribution in [0.3, 0.4) is 0 Å². The van der Waals surface area contributed by atoms with Gasteiger partial charge in [-0.1, -0.05) is 13.8 Å². The van der Waals surface area contributed by atoms with E-state index < -0.39 is 5.54 Å². The second-order valence-corrected chi connectivity index (χ2v) is 7.55. The Hall–Kier alpha value is -0.590. The van der Waals surface area contributed by atoms with Crippen LogP contribution >= 0.6 is 0 Å². The van der Waals surface area contributed by atoms with Crippen LogP contribution in [0.25, 0.3) is 0 Å². The van der Waals surface area contributed by atoms with E-state index in [1.165, 1.54) is 25.7 Å². The van der Waals surface area contributed by atoms with E-state index in [0.29, 0.717) is 17.5 Å². The third kappa shape index (κ3) is 5.12. The van der Waals surface area contributed by atoms with Crippen molar-refractivity contribution in [1.29, 1.82) is 5.26 Å². The SMILES string of the molecule is CC(C)NC(C)(C#N)CN(C)C1CCC(C)(C)CC1. The summed E-state index contributed by atoms with van der Waals surface area (Å²) in [5.74, 6) is 0. The van der Waals surface area contributed by atoms with Gasteiger partial charge in [0.15, 0.2) is 0 Å². The topological polar surface area (TPSA) is 39.1 Å². The highest BCUT2D eigenvalue weighted by atomic mass is 15.2. The molecule has 0 aromatic carbocycles. The molecule has 1 unspecified atom stereocenters. The van der Waals surface area contributed by atoms with Crippen LogP contribution in [-0.2, 0) is 0 Å². The second-order valence-electron chi connectivity index (χ2n) is 7.55. The predicted molar refractivity (Wildman–Crippen MR) is 81.0 cm³/mol. The lowest BCUT2D eigenvalue weighted by Gasteiger charge is -2.41. The van der Waals surface area contributed by atoms with Crippen LogP contribution in [0.2, 0.25) is 0 Å². The summed E-state index contributed by atoms with van der Waals surface area (Å²) < 4.78 is 0. The molecule has 0 amide bonds. The lowest BCUT2D eigenvalue weighted by atomic mass is 9.75. The van der Waals surface area contributed by atoms with Gasteiger partial charge in [-0.15, -0.1) is 0 Å². The van der Waals surface area contributed by atoms with Crippen molar-refractivity contribution in [2.24, 2.45) is 5.41 Å². The van der Waals surface area contributed by atoms with E-state index in [-0.39, 0.29) is 0 Å². The first-order chi connectivity index (χ1) is 8.67. The first-order valence-corrected chi connectivity index (χ1v) is 7.57. The van der Waals surface area contributed by atoms with Gasteiger partial charge in [0.25, 0.3) is 0 Å². The van der Waals surface area contributed by atoms with Crippen molar-refractivity contribution in [2.45, 2.75) is 77.9 Å². The largest absolute Gasteiger partial charge is 0.301 e. The molecule has 0 aliphatic heterocycles. The number of likely N-dealkylation sites (N-methyl/N-ethyl adjacent to an activating group) is 1. The highest BCUT2D eigenvalue weighted by Crippen LogP contribution is 2.36. The van der Waals surface area contributed by atoms with Crippen LogP contribution < -0.4 is 5.32 Å². The first kappa shape index (κ1) is 16.5.